The number of hydrogen-bond acceptors (Lipinski definition) is 4. The zero-order valence-corrected chi connectivity index (χ0v) is 12.3. The van der Waals surface area contributed by atoms with E-state index in [-0.39, 0.29) is 6.04 Å². The topological polar surface area (TPSA) is 64.1 Å². The van der Waals surface area contributed by atoms with Crippen LogP contribution in [0, 0.1) is 6.92 Å². The molecule has 4 heteroatoms. The van der Waals surface area contributed by atoms with Crippen molar-refractivity contribution in [2.75, 3.05) is 12.3 Å². The molecule has 2 aromatic heterocycles. The third-order valence-corrected chi connectivity index (χ3v) is 3.63. The highest BCUT2D eigenvalue weighted by molar-refractivity contribution is 5.82. The van der Waals surface area contributed by atoms with Crippen molar-refractivity contribution >= 4 is 16.8 Å². The molecule has 1 aromatic carbocycles. The van der Waals surface area contributed by atoms with E-state index < -0.39 is 0 Å². The maximum absolute atomic E-state index is 6.09. The summed E-state index contributed by atoms with van der Waals surface area (Å²) in [4.78, 5) is 4.28. The van der Waals surface area contributed by atoms with Crippen molar-refractivity contribution < 1.29 is 4.42 Å². The SMILES string of the molecule is CCNC(c1cc(C)cnc1N)c1coc2ccccc12. The number of nitrogens with zero attached hydrogens (tertiary/aromatic N) is 1. The number of nitrogen functional groups attached to an aromatic ring is 1. The minimum absolute atomic E-state index is 0.0222. The minimum atomic E-state index is -0.0222. The number of anilines is 1. The van der Waals surface area contributed by atoms with Crippen LogP contribution in [0.3, 0.4) is 0 Å². The Morgan fingerprint density at radius 1 is 1.29 bits per heavy atom. The average molecular weight is 281 g/mol. The number of pyridine rings is 1. The molecule has 1 atom stereocenters. The first-order valence-electron chi connectivity index (χ1n) is 7.12. The third kappa shape index (κ3) is 2.50. The first-order chi connectivity index (χ1) is 10.2. The van der Waals surface area contributed by atoms with Crippen LogP contribution < -0.4 is 11.1 Å². The Hall–Kier alpha value is -2.33. The molecule has 3 aromatic rings. The van der Waals surface area contributed by atoms with Gasteiger partial charge in [0.1, 0.15) is 11.4 Å². The second kappa shape index (κ2) is 5.58. The number of nitrogens with two attached hydrogens (primary N) is 1. The number of fused-ring (bicyclic) bond motifs is 1. The lowest BCUT2D eigenvalue weighted by Crippen LogP contribution is -2.23. The summed E-state index contributed by atoms with van der Waals surface area (Å²) in [5.41, 5.74) is 10.1. The number of nitrogens with one attached hydrogen (secondary N) is 1. The van der Waals surface area contributed by atoms with Gasteiger partial charge in [-0.3, -0.25) is 0 Å². The van der Waals surface area contributed by atoms with Crippen molar-refractivity contribution in [3.63, 3.8) is 0 Å². The van der Waals surface area contributed by atoms with Crippen molar-refractivity contribution in [1.82, 2.24) is 10.3 Å². The van der Waals surface area contributed by atoms with Gasteiger partial charge in [-0.2, -0.15) is 0 Å². The van der Waals surface area contributed by atoms with E-state index in [1.165, 1.54) is 0 Å². The molecule has 1 unspecified atom stereocenters. The van der Waals surface area contributed by atoms with E-state index in [4.69, 9.17) is 10.2 Å². The molecule has 0 fully saturated rings. The first-order valence-corrected chi connectivity index (χ1v) is 7.12. The molecule has 0 saturated carbocycles. The fourth-order valence-corrected chi connectivity index (χ4v) is 2.65. The summed E-state index contributed by atoms with van der Waals surface area (Å²) in [6.07, 6.45) is 3.59. The predicted molar refractivity (Wildman–Crippen MR) is 85.1 cm³/mol. The Labute approximate surface area is 124 Å². The standard InChI is InChI=1S/C17H19N3O/c1-3-19-16(13-8-11(2)9-20-17(13)18)14-10-21-15-7-5-4-6-12(14)15/h4-10,16,19H,3H2,1-2H3,(H2,18,20). The second-order valence-electron chi connectivity index (χ2n) is 5.17. The number of para-hydroxylation sites is 1. The van der Waals surface area contributed by atoms with Gasteiger partial charge in [-0.15, -0.1) is 0 Å². The van der Waals surface area contributed by atoms with E-state index in [1.54, 1.807) is 12.5 Å². The van der Waals surface area contributed by atoms with E-state index in [0.717, 1.165) is 34.2 Å². The van der Waals surface area contributed by atoms with Crippen molar-refractivity contribution in [2.45, 2.75) is 19.9 Å². The third-order valence-electron chi connectivity index (χ3n) is 3.63. The number of aromatic nitrogens is 1. The Balaban J connectivity index is 2.15. The second-order valence-corrected chi connectivity index (χ2v) is 5.17. The molecular formula is C17H19N3O. The summed E-state index contributed by atoms with van der Waals surface area (Å²) in [6.45, 7) is 4.93. The zero-order chi connectivity index (χ0) is 14.8. The molecule has 21 heavy (non-hydrogen) atoms. The number of rotatable bonds is 4. The molecular weight excluding hydrogens is 262 g/mol. The van der Waals surface area contributed by atoms with E-state index in [0.29, 0.717) is 5.82 Å². The van der Waals surface area contributed by atoms with Gasteiger partial charge in [0.25, 0.3) is 0 Å². The van der Waals surface area contributed by atoms with Gasteiger partial charge in [-0.1, -0.05) is 25.1 Å². The number of benzene rings is 1. The first kappa shape index (κ1) is 13.6. The van der Waals surface area contributed by atoms with Crippen molar-refractivity contribution in [3.8, 4) is 0 Å². The molecule has 0 aliphatic heterocycles. The van der Waals surface area contributed by atoms with Crippen LogP contribution in [0.15, 0.2) is 47.2 Å². The largest absolute Gasteiger partial charge is 0.464 e. The summed E-state index contributed by atoms with van der Waals surface area (Å²) in [5, 5.41) is 4.58. The number of furan rings is 1. The molecule has 0 aliphatic carbocycles. The van der Waals surface area contributed by atoms with Crippen LogP contribution in [0.4, 0.5) is 5.82 Å². The Bertz CT molecular complexity index is 764. The maximum atomic E-state index is 6.09. The Morgan fingerprint density at radius 2 is 2.10 bits per heavy atom. The molecule has 0 radical (unpaired) electrons. The lowest BCUT2D eigenvalue weighted by molar-refractivity contribution is 0.584. The fraction of sp³-hybridized carbons (Fsp3) is 0.235. The molecule has 4 nitrogen and oxygen atoms in total. The van der Waals surface area contributed by atoms with Crippen LogP contribution in [0.2, 0.25) is 0 Å². The van der Waals surface area contributed by atoms with Gasteiger partial charge in [0, 0.05) is 22.7 Å². The molecule has 0 saturated heterocycles. The molecule has 0 spiro atoms. The highest BCUT2D eigenvalue weighted by Gasteiger charge is 2.20. The van der Waals surface area contributed by atoms with Gasteiger partial charge in [0.15, 0.2) is 0 Å². The molecule has 3 rings (SSSR count). The maximum Gasteiger partial charge on any atom is 0.134 e. The summed E-state index contributed by atoms with van der Waals surface area (Å²) < 4.78 is 5.67. The predicted octanol–water partition coefficient (Wildman–Crippen LogP) is 3.42. The zero-order valence-electron chi connectivity index (χ0n) is 12.3. The number of hydrogen-bond donors (Lipinski definition) is 2. The van der Waals surface area contributed by atoms with Crippen molar-refractivity contribution in [1.29, 1.82) is 0 Å². The summed E-state index contributed by atoms with van der Waals surface area (Å²) in [6, 6.07) is 10.1. The van der Waals surface area contributed by atoms with Crippen LogP contribution >= 0.6 is 0 Å². The van der Waals surface area contributed by atoms with Gasteiger partial charge in [0.2, 0.25) is 0 Å². The van der Waals surface area contributed by atoms with Gasteiger partial charge in [-0.05, 0) is 31.2 Å². The van der Waals surface area contributed by atoms with Crippen LogP contribution in [-0.4, -0.2) is 11.5 Å². The van der Waals surface area contributed by atoms with Crippen molar-refractivity contribution in [3.05, 3.63) is 59.5 Å². The van der Waals surface area contributed by atoms with Gasteiger partial charge >= 0.3 is 0 Å². The summed E-state index contributed by atoms with van der Waals surface area (Å²) >= 11 is 0. The molecule has 108 valence electrons. The van der Waals surface area contributed by atoms with E-state index in [2.05, 4.69) is 29.4 Å². The van der Waals surface area contributed by atoms with E-state index in [9.17, 15) is 0 Å². The van der Waals surface area contributed by atoms with Gasteiger partial charge in [-0.25, -0.2) is 4.98 Å². The highest BCUT2D eigenvalue weighted by atomic mass is 16.3. The Kier molecular flexibility index (Phi) is 3.62. The average Bonchev–Trinajstić information content (AvgIpc) is 2.91. The Morgan fingerprint density at radius 3 is 2.90 bits per heavy atom. The minimum Gasteiger partial charge on any atom is -0.464 e. The van der Waals surface area contributed by atoms with Crippen molar-refractivity contribution in [2.24, 2.45) is 0 Å². The molecule has 3 N–H and O–H groups in total. The van der Waals surface area contributed by atoms with Crippen LogP contribution in [-0.2, 0) is 0 Å². The fourth-order valence-electron chi connectivity index (χ4n) is 2.65. The summed E-state index contributed by atoms with van der Waals surface area (Å²) in [5.74, 6) is 0.553. The summed E-state index contributed by atoms with van der Waals surface area (Å²) in [7, 11) is 0. The quantitative estimate of drug-likeness (QED) is 0.769. The molecule has 0 aliphatic rings. The molecule has 0 bridgehead atoms. The molecule has 0 amide bonds. The number of aryl methyl sites for hydroxylation is 1. The molecule has 2 heterocycles. The van der Waals surface area contributed by atoms with Gasteiger partial charge in [0.05, 0.1) is 12.3 Å². The normalized spacial score (nSPS) is 12.7. The van der Waals surface area contributed by atoms with E-state index >= 15 is 0 Å². The lowest BCUT2D eigenvalue weighted by Gasteiger charge is -2.19. The highest BCUT2D eigenvalue weighted by Crippen LogP contribution is 2.32. The van der Waals surface area contributed by atoms with E-state index in [1.807, 2.05) is 25.1 Å². The van der Waals surface area contributed by atoms with Crippen LogP contribution in [0.25, 0.3) is 11.0 Å². The lowest BCUT2D eigenvalue weighted by atomic mass is 9.97. The van der Waals surface area contributed by atoms with Crippen LogP contribution in [0.1, 0.15) is 29.7 Å². The smallest absolute Gasteiger partial charge is 0.134 e. The van der Waals surface area contributed by atoms with Gasteiger partial charge < -0.3 is 15.5 Å². The van der Waals surface area contributed by atoms with Crippen LogP contribution in [0.5, 0.6) is 0 Å². The monoisotopic (exact) mass is 281 g/mol.